The highest BCUT2D eigenvalue weighted by molar-refractivity contribution is 4.91. The zero-order chi connectivity index (χ0) is 11.1. The summed E-state index contributed by atoms with van der Waals surface area (Å²) in [6.45, 7) is 4.92. The van der Waals surface area contributed by atoms with Crippen molar-refractivity contribution in [3.05, 3.63) is 11.8 Å². The predicted octanol–water partition coefficient (Wildman–Crippen LogP) is 2.25. The average molecular weight is 211 g/mol. The molecule has 0 aromatic carbocycles. The van der Waals surface area contributed by atoms with Gasteiger partial charge in [-0.25, -0.2) is 0 Å². The highest BCUT2D eigenvalue weighted by Gasteiger charge is 2.16. The topological polar surface area (TPSA) is 64.9 Å². The van der Waals surface area contributed by atoms with Crippen molar-refractivity contribution >= 4 is 0 Å². The van der Waals surface area contributed by atoms with Crippen LogP contribution in [0.15, 0.2) is 4.42 Å². The fourth-order valence-electron chi connectivity index (χ4n) is 1.74. The van der Waals surface area contributed by atoms with Crippen molar-refractivity contribution in [2.24, 2.45) is 5.73 Å². The van der Waals surface area contributed by atoms with Gasteiger partial charge in [-0.1, -0.05) is 26.7 Å². The molecule has 0 fully saturated rings. The molecule has 2 N–H and O–H groups in total. The van der Waals surface area contributed by atoms with Crippen LogP contribution in [0.2, 0.25) is 0 Å². The van der Waals surface area contributed by atoms with Gasteiger partial charge < -0.3 is 10.2 Å². The number of rotatable bonds is 7. The standard InChI is InChI=1S/C11H21N3O/c1-3-5-9(6-4-2)11-14-13-10(15-11)7-8-12/h9H,3-8,12H2,1-2H3. The lowest BCUT2D eigenvalue weighted by molar-refractivity contribution is 0.389. The first-order valence-electron chi connectivity index (χ1n) is 5.84. The fourth-order valence-corrected chi connectivity index (χ4v) is 1.74. The summed E-state index contributed by atoms with van der Waals surface area (Å²) < 4.78 is 5.59. The minimum atomic E-state index is 0.430. The van der Waals surface area contributed by atoms with E-state index >= 15 is 0 Å². The molecule has 0 aliphatic rings. The third-order valence-corrected chi connectivity index (χ3v) is 2.46. The summed E-state index contributed by atoms with van der Waals surface area (Å²) in [5.41, 5.74) is 5.44. The van der Waals surface area contributed by atoms with E-state index in [9.17, 15) is 0 Å². The Morgan fingerprint density at radius 1 is 1.20 bits per heavy atom. The lowest BCUT2D eigenvalue weighted by atomic mass is 9.98. The molecular weight excluding hydrogens is 190 g/mol. The average Bonchev–Trinajstić information content (AvgIpc) is 2.67. The van der Waals surface area contributed by atoms with E-state index in [1.54, 1.807) is 0 Å². The molecule has 0 saturated heterocycles. The van der Waals surface area contributed by atoms with Crippen molar-refractivity contribution in [2.75, 3.05) is 6.54 Å². The summed E-state index contributed by atoms with van der Waals surface area (Å²) >= 11 is 0. The van der Waals surface area contributed by atoms with Gasteiger partial charge in [0.1, 0.15) is 0 Å². The van der Waals surface area contributed by atoms with Gasteiger partial charge in [0, 0.05) is 18.9 Å². The molecule has 0 aliphatic carbocycles. The quantitative estimate of drug-likeness (QED) is 0.751. The Balaban J connectivity index is 2.63. The summed E-state index contributed by atoms with van der Waals surface area (Å²) in [7, 11) is 0. The maximum Gasteiger partial charge on any atom is 0.219 e. The van der Waals surface area contributed by atoms with Crippen molar-refractivity contribution in [1.82, 2.24) is 10.2 Å². The fraction of sp³-hybridized carbons (Fsp3) is 0.818. The van der Waals surface area contributed by atoms with Crippen LogP contribution in [0.3, 0.4) is 0 Å². The molecule has 0 unspecified atom stereocenters. The maximum absolute atomic E-state index is 5.59. The van der Waals surface area contributed by atoms with Crippen molar-refractivity contribution in [3.8, 4) is 0 Å². The van der Waals surface area contributed by atoms with Crippen LogP contribution in [-0.2, 0) is 6.42 Å². The van der Waals surface area contributed by atoms with Crippen LogP contribution >= 0.6 is 0 Å². The summed E-state index contributed by atoms with van der Waals surface area (Å²) in [5.74, 6) is 1.89. The second-order valence-corrected chi connectivity index (χ2v) is 3.85. The number of nitrogens with two attached hydrogens (primary N) is 1. The molecule has 0 radical (unpaired) electrons. The zero-order valence-electron chi connectivity index (χ0n) is 9.70. The minimum absolute atomic E-state index is 0.430. The van der Waals surface area contributed by atoms with Crippen molar-refractivity contribution in [3.63, 3.8) is 0 Å². The molecule has 4 heteroatoms. The van der Waals surface area contributed by atoms with Crippen LogP contribution in [0, 0.1) is 0 Å². The van der Waals surface area contributed by atoms with Crippen LogP contribution in [0.25, 0.3) is 0 Å². The maximum atomic E-state index is 5.59. The molecule has 1 aromatic heterocycles. The Morgan fingerprint density at radius 3 is 2.40 bits per heavy atom. The third kappa shape index (κ3) is 3.63. The van der Waals surface area contributed by atoms with Gasteiger partial charge in [-0.3, -0.25) is 0 Å². The molecule has 1 heterocycles. The molecule has 0 aliphatic heterocycles. The second-order valence-electron chi connectivity index (χ2n) is 3.85. The van der Waals surface area contributed by atoms with E-state index in [4.69, 9.17) is 10.2 Å². The number of nitrogens with zero attached hydrogens (tertiary/aromatic N) is 2. The SMILES string of the molecule is CCCC(CCC)c1nnc(CCN)o1. The van der Waals surface area contributed by atoms with Crippen LogP contribution in [-0.4, -0.2) is 16.7 Å². The number of hydrogen-bond donors (Lipinski definition) is 1. The van der Waals surface area contributed by atoms with Crippen molar-refractivity contribution in [1.29, 1.82) is 0 Å². The van der Waals surface area contributed by atoms with E-state index in [0.717, 1.165) is 31.6 Å². The molecule has 4 nitrogen and oxygen atoms in total. The Labute approximate surface area is 91.3 Å². The third-order valence-electron chi connectivity index (χ3n) is 2.46. The highest BCUT2D eigenvalue weighted by Crippen LogP contribution is 2.24. The number of aromatic nitrogens is 2. The summed E-state index contributed by atoms with van der Waals surface area (Å²) in [5, 5.41) is 8.09. The normalized spacial score (nSPS) is 11.2. The smallest absolute Gasteiger partial charge is 0.219 e. The van der Waals surface area contributed by atoms with Gasteiger partial charge in [0.2, 0.25) is 11.8 Å². The van der Waals surface area contributed by atoms with E-state index in [2.05, 4.69) is 24.0 Å². The Kier molecular flexibility index (Phi) is 5.32. The molecule has 1 rings (SSSR count). The van der Waals surface area contributed by atoms with Crippen LogP contribution in [0.1, 0.15) is 57.2 Å². The van der Waals surface area contributed by atoms with Gasteiger partial charge in [-0.2, -0.15) is 0 Å². The lowest BCUT2D eigenvalue weighted by Gasteiger charge is -2.09. The second kappa shape index (κ2) is 6.56. The van der Waals surface area contributed by atoms with Gasteiger partial charge in [0.15, 0.2) is 0 Å². The van der Waals surface area contributed by atoms with E-state index in [-0.39, 0.29) is 0 Å². The Bertz CT molecular complexity index is 267. The van der Waals surface area contributed by atoms with Gasteiger partial charge >= 0.3 is 0 Å². The molecule has 15 heavy (non-hydrogen) atoms. The van der Waals surface area contributed by atoms with Crippen LogP contribution < -0.4 is 5.73 Å². The Morgan fingerprint density at radius 2 is 1.87 bits per heavy atom. The first-order chi connectivity index (χ1) is 7.31. The molecule has 0 spiro atoms. The van der Waals surface area contributed by atoms with E-state index in [1.807, 2.05) is 0 Å². The molecule has 1 aromatic rings. The van der Waals surface area contributed by atoms with Gasteiger partial charge in [-0.15, -0.1) is 10.2 Å². The molecule has 0 amide bonds. The monoisotopic (exact) mass is 211 g/mol. The van der Waals surface area contributed by atoms with Crippen molar-refractivity contribution < 1.29 is 4.42 Å². The summed E-state index contributed by atoms with van der Waals surface area (Å²) in [6, 6.07) is 0. The predicted molar refractivity (Wildman–Crippen MR) is 59.6 cm³/mol. The zero-order valence-corrected chi connectivity index (χ0v) is 9.70. The number of hydrogen-bond acceptors (Lipinski definition) is 4. The first kappa shape index (κ1) is 12.2. The molecule has 0 atom stereocenters. The van der Waals surface area contributed by atoms with Crippen molar-refractivity contribution in [2.45, 2.75) is 51.9 Å². The summed E-state index contributed by atoms with van der Waals surface area (Å²) in [6.07, 6.45) is 5.23. The van der Waals surface area contributed by atoms with Gasteiger partial charge in [0.25, 0.3) is 0 Å². The molecule has 0 bridgehead atoms. The molecule has 86 valence electrons. The van der Waals surface area contributed by atoms with Gasteiger partial charge in [0.05, 0.1) is 0 Å². The first-order valence-corrected chi connectivity index (χ1v) is 5.84. The summed E-state index contributed by atoms with van der Waals surface area (Å²) in [4.78, 5) is 0. The minimum Gasteiger partial charge on any atom is -0.425 e. The van der Waals surface area contributed by atoms with E-state index in [1.165, 1.54) is 0 Å². The largest absolute Gasteiger partial charge is 0.425 e. The van der Waals surface area contributed by atoms with Crippen LogP contribution in [0.5, 0.6) is 0 Å². The van der Waals surface area contributed by atoms with Crippen LogP contribution in [0.4, 0.5) is 0 Å². The lowest BCUT2D eigenvalue weighted by Crippen LogP contribution is -2.02. The molecular formula is C11H21N3O. The van der Waals surface area contributed by atoms with E-state index in [0.29, 0.717) is 24.8 Å². The van der Waals surface area contributed by atoms with E-state index < -0.39 is 0 Å². The van der Waals surface area contributed by atoms with Gasteiger partial charge in [-0.05, 0) is 12.8 Å². The highest BCUT2D eigenvalue weighted by atomic mass is 16.4. The Hall–Kier alpha value is -0.900. The molecule has 0 saturated carbocycles.